The molecule has 1 atom stereocenters. The van der Waals surface area contributed by atoms with E-state index >= 15 is 0 Å². The maximum absolute atomic E-state index is 14.5. The van der Waals surface area contributed by atoms with Gasteiger partial charge in [-0.3, -0.25) is 9.59 Å². The molecular formula is C28H28ClF2N5O3. The monoisotopic (exact) mass is 555 g/mol. The Kier molecular flexibility index (Phi) is 8.44. The molecule has 2 aromatic heterocycles. The number of fused-ring (bicyclic) bond motifs is 1. The van der Waals surface area contributed by atoms with E-state index in [9.17, 15) is 18.4 Å². The lowest BCUT2D eigenvalue weighted by Crippen LogP contribution is -2.43. The SMILES string of the molecule is CCCN(C(=O)C(=O)NC)[C@@H](C)c1cc(F)cc(Cl)c1COc1cccc2c(-n3cc(F)cn3)cc(C)nc12. The van der Waals surface area contributed by atoms with Gasteiger partial charge in [-0.1, -0.05) is 30.7 Å². The second-order valence-corrected chi connectivity index (χ2v) is 9.44. The Morgan fingerprint density at radius 2 is 1.97 bits per heavy atom. The van der Waals surface area contributed by atoms with E-state index in [0.717, 1.165) is 6.20 Å². The number of nitrogens with zero attached hydrogens (tertiary/aromatic N) is 4. The first kappa shape index (κ1) is 28.0. The molecule has 39 heavy (non-hydrogen) atoms. The van der Waals surface area contributed by atoms with Crippen molar-refractivity contribution in [2.24, 2.45) is 0 Å². The third-order valence-corrected chi connectivity index (χ3v) is 6.67. The molecule has 4 rings (SSSR count). The van der Waals surface area contributed by atoms with E-state index in [4.69, 9.17) is 16.3 Å². The van der Waals surface area contributed by atoms with Crippen LogP contribution in [0.3, 0.4) is 0 Å². The Hall–Kier alpha value is -4.05. The third kappa shape index (κ3) is 5.85. The molecule has 2 aromatic carbocycles. The van der Waals surface area contributed by atoms with Gasteiger partial charge in [0.2, 0.25) is 0 Å². The van der Waals surface area contributed by atoms with Crippen LogP contribution in [0, 0.1) is 18.6 Å². The molecule has 0 spiro atoms. The fourth-order valence-electron chi connectivity index (χ4n) is 4.48. The predicted octanol–water partition coefficient (Wildman–Crippen LogP) is 5.29. The van der Waals surface area contributed by atoms with Crippen molar-refractivity contribution in [3.05, 3.63) is 82.3 Å². The highest BCUT2D eigenvalue weighted by Gasteiger charge is 2.28. The number of carbonyl (C=O) groups excluding carboxylic acids is 2. The average molecular weight is 556 g/mol. The zero-order chi connectivity index (χ0) is 28.3. The predicted molar refractivity (Wildman–Crippen MR) is 144 cm³/mol. The standard InChI is InChI=1S/C28H28ClF2N5O3/c1-5-9-35(28(38)27(37)32-4)17(3)21-11-18(30)12-23(29)22(21)15-39-25-8-6-7-20-24(10-16(2)34-26(20)25)36-14-19(31)13-33-36/h6-8,10-14,17H,5,9,15H2,1-4H3,(H,32,37)/t17-/m0/s1. The first-order valence-electron chi connectivity index (χ1n) is 12.4. The van der Waals surface area contributed by atoms with Crippen LogP contribution in [0.15, 0.2) is 48.8 Å². The van der Waals surface area contributed by atoms with Crippen LogP contribution >= 0.6 is 11.6 Å². The van der Waals surface area contributed by atoms with Crippen molar-refractivity contribution in [2.45, 2.75) is 39.8 Å². The second kappa shape index (κ2) is 11.8. The molecule has 0 saturated heterocycles. The summed E-state index contributed by atoms with van der Waals surface area (Å²) in [4.78, 5) is 30.9. The van der Waals surface area contributed by atoms with E-state index < -0.39 is 29.5 Å². The van der Waals surface area contributed by atoms with E-state index in [2.05, 4.69) is 15.4 Å². The van der Waals surface area contributed by atoms with Gasteiger partial charge in [0.05, 0.1) is 29.1 Å². The summed E-state index contributed by atoms with van der Waals surface area (Å²) in [7, 11) is 1.38. The maximum atomic E-state index is 14.5. The van der Waals surface area contributed by atoms with Gasteiger partial charge >= 0.3 is 11.8 Å². The number of para-hydroxylation sites is 1. The van der Waals surface area contributed by atoms with Crippen molar-refractivity contribution in [3.63, 3.8) is 0 Å². The minimum atomic E-state index is -0.763. The largest absolute Gasteiger partial charge is 0.487 e. The molecule has 2 amide bonds. The number of pyridine rings is 1. The van der Waals surface area contributed by atoms with Gasteiger partial charge in [0.15, 0.2) is 5.82 Å². The van der Waals surface area contributed by atoms with Crippen LogP contribution in [0.1, 0.15) is 43.1 Å². The molecule has 0 aliphatic heterocycles. The van der Waals surface area contributed by atoms with Crippen LogP contribution in [-0.4, -0.2) is 45.1 Å². The van der Waals surface area contributed by atoms with Crippen LogP contribution in [0.4, 0.5) is 8.78 Å². The highest BCUT2D eigenvalue weighted by Crippen LogP contribution is 2.34. The van der Waals surface area contributed by atoms with Crippen molar-refractivity contribution in [2.75, 3.05) is 13.6 Å². The van der Waals surface area contributed by atoms with Crippen LogP contribution < -0.4 is 10.1 Å². The zero-order valence-electron chi connectivity index (χ0n) is 22.0. The molecule has 204 valence electrons. The molecule has 0 bridgehead atoms. The molecule has 1 N–H and O–H groups in total. The summed E-state index contributed by atoms with van der Waals surface area (Å²) in [5.74, 6) is -2.11. The maximum Gasteiger partial charge on any atom is 0.312 e. The molecule has 0 unspecified atom stereocenters. The molecule has 0 saturated carbocycles. The first-order chi connectivity index (χ1) is 18.6. The van der Waals surface area contributed by atoms with Gasteiger partial charge < -0.3 is 15.0 Å². The fourth-order valence-corrected chi connectivity index (χ4v) is 4.75. The number of halogens is 3. The average Bonchev–Trinajstić information content (AvgIpc) is 3.35. The Balaban J connectivity index is 1.73. The van der Waals surface area contributed by atoms with Crippen molar-refractivity contribution < 1.29 is 23.1 Å². The Labute approximate surface area is 229 Å². The van der Waals surface area contributed by atoms with Gasteiger partial charge in [0.25, 0.3) is 0 Å². The summed E-state index contributed by atoms with van der Waals surface area (Å²) in [6.07, 6.45) is 2.99. The van der Waals surface area contributed by atoms with Crippen molar-refractivity contribution >= 4 is 34.3 Å². The lowest BCUT2D eigenvalue weighted by Gasteiger charge is -2.30. The number of likely N-dealkylation sites (N-methyl/N-ethyl adjacent to an activating group) is 1. The molecule has 11 heteroatoms. The molecule has 0 aliphatic carbocycles. The topological polar surface area (TPSA) is 89.4 Å². The number of nitrogens with one attached hydrogen (secondary N) is 1. The van der Waals surface area contributed by atoms with Gasteiger partial charge in [0.1, 0.15) is 23.7 Å². The number of hydrogen-bond acceptors (Lipinski definition) is 5. The number of amides is 2. The molecule has 8 nitrogen and oxygen atoms in total. The summed E-state index contributed by atoms with van der Waals surface area (Å²) in [5, 5.41) is 7.23. The first-order valence-corrected chi connectivity index (χ1v) is 12.8. The number of aromatic nitrogens is 3. The molecule has 0 radical (unpaired) electrons. The summed E-state index contributed by atoms with van der Waals surface area (Å²) in [6.45, 7) is 5.62. The van der Waals surface area contributed by atoms with Gasteiger partial charge in [0, 0.05) is 30.2 Å². The normalized spacial score (nSPS) is 11.9. The smallest absolute Gasteiger partial charge is 0.312 e. The number of rotatable bonds is 8. The van der Waals surface area contributed by atoms with Crippen LogP contribution in [-0.2, 0) is 16.2 Å². The molecule has 2 heterocycles. The Morgan fingerprint density at radius 1 is 1.21 bits per heavy atom. The summed E-state index contributed by atoms with van der Waals surface area (Å²) in [5.41, 5.74) is 2.71. The van der Waals surface area contributed by atoms with Gasteiger partial charge in [-0.2, -0.15) is 5.10 Å². The van der Waals surface area contributed by atoms with E-state index in [1.54, 1.807) is 25.1 Å². The van der Waals surface area contributed by atoms with Crippen molar-refractivity contribution in [3.8, 4) is 11.4 Å². The lowest BCUT2D eigenvalue weighted by molar-refractivity contribution is -0.147. The highest BCUT2D eigenvalue weighted by molar-refractivity contribution is 6.35. The summed E-state index contributed by atoms with van der Waals surface area (Å²) in [6, 6.07) is 8.94. The zero-order valence-corrected chi connectivity index (χ0v) is 22.7. The van der Waals surface area contributed by atoms with Gasteiger partial charge in [-0.25, -0.2) is 18.4 Å². The van der Waals surface area contributed by atoms with Crippen LogP contribution in [0.5, 0.6) is 5.75 Å². The fraction of sp³-hybridized carbons (Fsp3) is 0.286. The Morgan fingerprint density at radius 3 is 2.64 bits per heavy atom. The molecule has 4 aromatic rings. The van der Waals surface area contributed by atoms with E-state index in [0.29, 0.717) is 45.6 Å². The number of carbonyl (C=O) groups is 2. The molecule has 0 aliphatic rings. The van der Waals surface area contributed by atoms with Gasteiger partial charge in [-0.05, 0) is 50.1 Å². The highest BCUT2D eigenvalue weighted by atomic mass is 35.5. The number of hydrogen-bond donors (Lipinski definition) is 1. The van der Waals surface area contributed by atoms with Crippen molar-refractivity contribution in [1.29, 1.82) is 0 Å². The van der Waals surface area contributed by atoms with Crippen LogP contribution in [0.2, 0.25) is 5.02 Å². The number of aryl methyl sites for hydroxylation is 1. The minimum Gasteiger partial charge on any atom is -0.487 e. The van der Waals surface area contributed by atoms with E-state index in [1.165, 1.54) is 35.0 Å². The molecular weight excluding hydrogens is 528 g/mol. The third-order valence-electron chi connectivity index (χ3n) is 6.34. The van der Waals surface area contributed by atoms with E-state index in [-0.39, 0.29) is 18.2 Å². The molecule has 0 fully saturated rings. The summed E-state index contributed by atoms with van der Waals surface area (Å²) < 4.78 is 35.8. The number of benzene rings is 2. The Bertz CT molecular complexity index is 1540. The quantitative estimate of drug-likeness (QED) is 0.299. The summed E-state index contributed by atoms with van der Waals surface area (Å²) >= 11 is 6.48. The number of ether oxygens (including phenoxy) is 1. The lowest BCUT2D eigenvalue weighted by atomic mass is 9.99. The van der Waals surface area contributed by atoms with Crippen LogP contribution in [0.25, 0.3) is 16.6 Å². The van der Waals surface area contributed by atoms with Crippen molar-refractivity contribution in [1.82, 2.24) is 25.0 Å². The second-order valence-electron chi connectivity index (χ2n) is 9.04. The van der Waals surface area contributed by atoms with Gasteiger partial charge in [-0.15, -0.1) is 0 Å². The minimum absolute atomic E-state index is 0.0621. The van der Waals surface area contributed by atoms with E-state index in [1.807, 2.05) is 19.9 Å².